The maximum absolute atomic E-state index is 11.7. The van der Waals surface area contributed by atoms with E-state index in [0.717, 1.165) is 38.0 Å². The molecule has 0 spiro atoms. The van der Waals surface area contributed by atoms with Gasteiger partial charge < -0.3 is 14.7 Å². The van der Waals surface area contributed by atoms with Crippen molar-refractivity contribution in [2.75, 3.05) is 26.2 Å². The molecule has 1 unspecified atom stereocenters. The number of aliphatic hydroxyl groups excluding tert-OH is 1. The summed E-state index contributed by atoms with van der Waals surface area (Å²) in [6.45, 7) is 4.90. The lowest BCUT2D eigenvalue weighted by atomic mass is 9.97. The van der Waals surface area contributed by atoms with E-state index in [1.54, 1.807) is 0 Å². The van der Waals surface area contributed by atoms with Crippen LogP contribution in [0.25, 0.3) is 6.08 Å². The molecule has 1 aliphatic heterocycles. The maximum Gasteiger partial charge on any atom is 0.309 e. The first-order valence-electron chi connectivity index (χ1n) is 8.59. The number of ether oxygens (including phenoxy) is 1. The highest BCUT2D eigenvalue weighted by atomic mass is 35.5. The first-order chi connectivity index (χ1) is 11.6. The molecule has 1 saturated heterocycles. The fourth-order valence-electron chi connectivity index (χ4n) is 2.86. The van der Waals surface area contributed by atoms with Gasteiger partial charge in [0, 0.05) is 11.6 Å². The van der Waals surface area contributed by atoms with Crippen molar-refractivity contribution in [3.63, 3.8) is 0 Å². The Bertz CT molecular complexity index is 536. The second kappa shape index (κ2) is 9.82. The molecular weight excluding hydrogens is 326 g/mol. The Morgan fingerprint density at radius 1 is 1.38 bits per heavy atom. The number of benzene rings is 1. The van der Waals surface area contributed by atoms with Crippen LogP contribution in [-0.2, 0) is 9.53 Å². The number of hydrogen-bond acceptors (Lipinski definition) is 4. The van der Waals surface area contributed by atoms with E-state index < -0.39 is 6.10 Å². The lowest BCUT2D eigenvalue weighted by Gasteiger charge is -2.31. The molecule has 0 saturated carbocycles. The summed E-state index contributed by atoms with van der Waals surface area (Å²) in [7, 11) is 0. The second-order valence-electron chi connectivity index (χ2n) is 6.13. The number of nitrogens with zero attached hydrogens (tertiary/aromatic N) is 1. The minimum absolute atomic E-state index is 0.0379. The largest absolute Gasteiger partial charge is 0.466 e. The standard InChI is InChI=1S/C19H26ClNO3/c1-2-24-19(23)16-9-12-21(13-10-16)14-11-18(22)8-5-15-3-6-17(20)7-4-15/h3-8,16,18,22H,2,9-14H2,1H3. The number of aliphatic hydroxyl groups is 1. The minimum atomic E-state index is -0.469. The van der Waals surface area contributed by atoms with Crippen molar-refractivity contribution in [1.29, 1.82) is 0 Å². The van der Waals surface area contributed by atoms with Crippen LogP contribution in [0.1, 0.15) is 31.7 Å². The van der Waals surface area contributed by atoms with Gasteiger partial charge in [-0.15, -0.1) is 0 Å². The fourth-order valence-corrected chi connectivity index (χ4v) is 2.99. The third kappa shape index (κ3) is 6.27. The quantitative estimate of drug-likeness (QED) is 0.765. The van der Waals surface area contributed by atoms with Gasteiger partial charge in [0.1, 0.15) is 0 Å². The SMILES string of the molecule is CCOC(=O)C1CCN(CCC(O)C=Cc2ccc(Cl)cc2)CC1. The highest BCUT2D eigenvalue weighted by molar-refractivity contribution is 6.30. The Morgan fingerprint density at radius 2 is 2.04 bits per heavy atom. The van der Waals surface area contributed by atoms with Crippen LogP contribution in [0.4, 0.5) is 0 Å². The van der Waals surface area contributed by atoms with E-state index in [1.807, 2.05) is 43.3 Å². The van der Waals surface area contributed by atoms with Gasteiger partial charge in [-0.05, 0) is 57.0 Å². The summed E-state index contributed by atoms with van der Waals surface area (Å²) in [5.74, 6) is -0.0287. The number of esters is 1. The van der Waals surface area contributed by atoms with E-state index >= 15 is 0 Å². The predicted molar refractivity (Wildman–Crippen MR) is 96.9 cm³/mol. The van der Waals surface area contributed by atoms with Crippen molar-refractivity contribution in [2.24, 2.45) is 5.92 Å². The summed E-state index contributed by atoms with van der Waals surface area (Å²) >= 11 is 5.85. The molecule has 24 heavy (non-hydrogen) atoms. The summed E-state index contributed by atoms with van der Waals surface area (Å²) in [5, 5.41) is 10.8. The van der Waals surface area contributed by atoms with Crippen LogP contribution in [0.3, 0.4) is 0 Å². The average molecular weight is 352 g/mol. The number of halogens is 1. The number of hydrogen-bond donors (Lipinski definition) is 1. The van der Waals surface area contributed by atoms with Crippen molar-refractivity contribution in [2.45, 2.75) is 32.3 Å². The van der Waals surface area contributed by atoms with Crippen molar-refractivity contribution in [3.8, 4) is 0 Å². The zero-order chi connectivity index (χ0) is 17.4. The molecule has 4 nitrogen and oxygen atoms in total. The van der Waals surface area contributed by atoms with Crippen molar-refractivity contribution < 1.29 is 14.6 Å². The Labute approximate surface area is 149 Å². The molecule has 0 radical (unpaired) electrons. The number of likely N-dealkylation sites (tertiary alicyclic amines) is 1. The van der Waals surface area contributed by atoms with Crippen LogP contribution >= 0.6 is 11.6 Å². The molecule has 1 aromatic carbocycles. The van der Waals surface area contributed by atoms with Crippen molar-refractivity contribution in [3.05, 3.63) is 40.9 Å². The van der Waals surface area contributed by atoms with Crippen LogP contribution < -0.4 is 0 Å². The number of piperidine rings is 1. The molecule has 1 atom stereocenters. The highest BCUT2D eigenvalue weighted by Crippen LogP contribution is 2.19. The topological polar surface area (TPSA) is 49.8 Å². The monoisotopic (exact) mass is 351 g/mol. The van der Waals surface area contributed by atoms with Gasteiger partial charge in [0.05, 0.1) is 18.6 Å². The molecule has 132 valence electrons. The molecule has 0 amide bonds. The Balaban J connectivity index is 1.68. The molecule has 1 heterocycles. The normalized spacial score (nSPS) is 18.0. The van der Waals surface area contributed by atoms with E-state index in [9.17, 15) is 9.90 Å². The smallest absolute Gasteiger partial charge is 0.309 e. The van der Waals surface area contributed by atoms with E-state index in [2.05, 4.69) is 4.90 Å². The summed E-state index contributed by atoms with van der Waals surface area (Å²) in [5.41, 5.74) is 1.02. The molecule has 1 fully saturated rings. The number of carbonyl (C=O) groups is 1. The molecule has 1 aliphatic rings. The van der Waals surface area contributed by atoms with Crippen LogP contribution in [-0.4, -0.2) is 48.3 Å². The van der Waals surface area contributed by atoms with Gasteiger partial charge in [-0.3, -0.25) is 4.79 Å². The third-order valence-corrected chi connectivity index (χ3v) is 4.58. The van der Waals surface area contributed by atoms with E-state index in [1.165, 1.54) is 0 Å². The zero-order valence-corrected chi connectivity index (χ0v) is 14.9. The summed E-state index contributed by atoms with van der Waals surface area (Å²) in [6.07, 6.45) is 5.63. The number of carbonyl (C=O) groups excluding carboxylic acids is 1. The molecule has 0 bridgehead atoms. The molecule has 0 aliphatic carbocycles. The predicted octanol–water partition coefficient (Wildman–Crippen LogP) is 3.38. The maximum atomic E-state index is 11.7. The number of rotatable bonds is 7. The molecule has 1 aromatic rings. The molecular formula is C19H26ClNO3. The van der Waals surface area contributed by atoms with Crippen LogP contribution in [0.2, 0.25) is 5.02 Å². The molecule has 0 aromatic heterocycles. The van der Waals surface area contributed by atoms with Crippen molar-refractivity contribution >= 4 is 23.6 Å². The van der Waals surface area contributed by atoms with Gasteiger partial charge in [0.25, 0.3) is 0 Å². The van der Waals surface area contributed by atoms with Gasteiger partial charge in [0.2, 0.25) is 0 Å². The van der Waals surface area contributed by atoms with Crippen LogP contribution in [0, 0.1) is 5.92 Å². The molecule has 1 N–H and O–H groups in total. The molecule has 5 heteroatoms. The van der Waals surface area contributed by atoms with E-state index in [4.69, 9.17) is 16.3 Å². The summed E-state index contributed by atoms with van der Waals surface area (Å²) in [6, 6.07) is 7.51. The Kier molecular flexibility index (Phi) is 7.76. The summed E-state index contributed by atoms with van der Waals surface area (Å²) in [4.78, 5) is 14.0. The minimum Gasteiger partial charge on any atom is -0.466 e. The second-order valence-corrected chi connectivity index (χ2v) is 6.57. The first-order valence-corrected chi connectivity index (χ1v) is 8.97. The van der Waals surface area contributed by atoms with Crippen LogP contribution in [0.15, 0.2) is 30.3 Å². The van der Waals surface area contributed by atoms with Crippen molar-refractivity contribution in [1.82, 2.24) is 4.90 Å². The van der Waals surface area contributed by atoms with E-state index in [0.29, 0.717) is 18.1 Å². The fraction of sp³-hybridized carbons (Fsp3) is 0.526. The zero-order valence-electron chi connectivity index (χ0n) is 14.2. The van der Waals surface area contributed by atoms with Gasteiger partial charge >= 0.3 is 5.97 Å². The van der Waals surface area contributed by atoms with Gasteiger partial charge in [-0.1, -0.05) is 35.9 Å². The highest BCUT2D eigenvalue weighted by Gasteiger charge is 2.25. The van der Waals surface area contributed by atoms with E-state index in [-0.39, 0.29) is 11.9 Å². The van der Waals surface area contributed by atoms with Gasteiger partial charge in [0.15, 0.2) is 0 Å². The Morgan fingerprint density at radius 3 is 2.67 bits per heavy atom. The van der Waals surface area contributed by atoms with Gasteiger partial charge in [-0.25, -0.2) is 0 Å². The summed E-state index contributed by atoms with van der Waals surface area (Å²) < 4.78 is 5.08. The van der Waals surface area contributed by atoms with Crippen LogP contribution in [0.5, 0.6) is 0 Å². The molecule has 2 rings (SSSR count). The average Bonchev–Trinajstić information content (AvgIpc) is 2.60. The third-order valence-electron chi connectivity index (χ3n) is 4.33. The lowest BCUT2D eigenvalue weighted by molar-refractivity contribution is -0.149. The first kappa shape index (κ1) is 19.0. The van der Waals surface area contributed by atoms with Gasteiger partial charge in [-0.2, -0.15) is 0 Å². The lowest BCUT2D eigenvalue weighted by Crippen LogP contribution is -2.38. The Hall–Kier alpha value is -1.36.